The minimum Gasteiger partial charge on any atom is -0.305 e. The molecule has 1 unspecified atom stereocenters. The van der Waals surface area contributed by atoms with E-state index in [0.29, 0.717) is 0 Å². The molecule has 0 aliphatic heterocycles. The Morgan fingerprint density at radius 2 is 2.11 bits per heavy atom. The predicted octanol–water partition coefficient (Wildman–Crippen LogP) is 3.35. The molecule has 0 fully saturated rings. The standard InChI is InChI=1S/C13H16Br2N4/c1-4-16-11(12-13(15)17-18-19(12)3)9-6-5-7-10(14)8(9)2/h5-7,11,16H,4H2,1-3H3. The van der Waals surface area contributed by atoms with Gasteiger partial charge in [-0.3, -0.25) is 0 Å². The molecule has 6 heteroatoms. The van der Waals surface area contributed by atoms with Crippen LogP contribution in [0, 0.1) is 6.92 Å². The van der Waals surface area contributed by atoms with Gasteiger partial charge in [0.05, 0.1) is 11.7 Å². The van der Waals surface area contributed by atoms with E-state index < -0.39 is 0 Å². The van der Waals surface area contributed by atoms with Gasteiger partial charge in [0.1, 0.15) is 0 Å². The van der Waals surface area contributed by atoms with Crippen molar-refractivity contribution in [1.29, 1.82) is 0 Å². The summed E-state index contributed by atoms with van der Waals surface area (Å²) in [5, 5.41) is 11.6. The molecule has 0 aliphatic carbocycles. The molecule has 1 heterocycles. The van der Waals surface area contributed by atoms with Crippen molar-refractivity contribution in [3.8, 4) is 0 Å². The number of aromatic nitrogens is 3. The number of nitrogens with one attached hydrogen (secondary N) is 1. The monoisotopic (exact) mass is 386 g/mol. The Balaban J connectivity index is 2.55. The first kappa shape index (κ1) is 14.7. The van der Waals surface area contributed by atoms with Gasteiger partial charge in [0.2, 0.25) is 0 Å². The molecule has 2 aromatic rings. The molecule has 2 rings (SSSR count). The van der Waals surface area contributed by atoms with Crippen molar-refractivity contribution in [3.63, 3.8) is 0 Å². The highest BCUT2D eigenvalue weighted by molar-refractivity contribution is 9.10. The molecule has 4 nitrogen and oxygen atoms in total. The summed E-state index contributed by atoms with van der Waals surface area (Å²) in [5.74, 6) is 0. The molecule has 0 aliphatic rings. The topological polar surface area (TPSA) is 42.7 Å². The van der Waals surface area contributed by atoms with E-state index in [0.717, 1.165) is 21.3 Å². The fraction of sp³-hybridized carbons (Fsp3) is 0.385. The summed E-state index contributed by atoms with van der Waals surface area (Å²) in [6.45, 7) is 5.08. The Bertz CT molecular complexity index is 561. The van der Waals surface area contributed by atoms with E-state index in [1.165, 1.54) is 11.1 Å². The summed E-state index contributed by atoms with van der Waals surface area (Å²) in [6.07, 6.45) is 0. The summed E-state index contributed by atoms with van der Waals surface area (Å²) in [4.78, 5) is 0. The van der Waals surface area contributed by atoms with Crippen LogP contribution in [-0.4, -0.2) is 21.5 Å². The van der Waals surface area contributed by atoms with Gasteiger partial charge in [0.15, 0.2) is 4.60 Å². The van der Waals surface area contributed by atoms with E-state index in [4.69, 9.17) is 0 Å². The number of benzene rings is 1. The van der Waals surface area contributed by atoms with Crippen molar-refractivity contribution in [2.45, 2.75) is 19.9 Å². The third-order valence-corrected chi connectivity index (χ3v) is 4.55. The molecule has 0 amide bonds. The van der Waals surface area contributed by atoms with Crippen LogP contribution in [0.25, 0.3) is 0 Å². The third kappa shape index (κ3) is 2.90. The van der Waals surface area contributed by atoms with Crippen LogP contribution in [-0.2, 0) is 7.05 Å². The lowest BCUT2D eigenvalue weighted by Gasteiger charge is -2.21. The number of hydrogen-bond donors (Lipinski definition) is 1. The van der Waals surface area contributed by atoms with Crippen LogP contribution < -0.4 is 5.32 Å². The Hall–Kier alpha value is -0.720. The summed E-state index contributed by atoms with van der Waals surface area (Å²) in [7, 11) is 1.91. The van der Waals surface area contributed by atoms with Gasteiger partial charge in [-0.15, -0.1) is 5.10 Å². The predicted molar refractivity (Wildman–Crippen MR) is 83.1 cm³/mol. The lowest BCUT2D eigenvalue weighted by molar-refractivity contribution is 0.565. The summed E-state index contributed by atoms with van der Waals surface area (Å²) >= 11 is 7.07. The second-order valence-corrected chi connectivity index (χ2v) is 5.94. The Labute approximate surface area is 129 Å². The summed E-state index contributed by atoms with van der Waals surface area (Å²) in [5.41, 5.74) is 3.48. The minimum atomic E-state index is 0.0666. The van der Waals surface area contributed by atoms with Crippen molar-refractivity contribution in [3.05, 3.63) is 44.1 Å². The molecule has 0 saturated carbocycles. The second kappa shape index (κ2) is 6.15. The first-order valence-electron chi connectivity index (χ1n) is 6.09. The molecule has 0 saturated heterocycles. The number of hydrogen-bond acceptors (Lipinski definition) is 3. The van der Waals surface area contributed by atoms with E-state index in [9.17, 15) is 0 Å². The van der Waals surface area contributed by atoms with Gasteiger partial charge in [-0.25, -0.2) is 4.68 Å². The van der Waals surface area contributed by atoms with Gasteiger partial charge in [0, 0.05) is 11.5 Å². The Morgan fingerprint density at radius 3 is 2.68 bits per heavy atom. The van der Waals surface area contributed by atoms with Crippen LogP contribution in [0.3, 0.4) is 0 Å². The zero-order valence-corrected chi connectivity index (χ0v) is 14.3. The highest BCUT2D eigenvalue weighted by Crippen LogP contribution is 2.31. The maximum Gasteiger partial charge on any atom is 0.153 e. The zero-order valence-electron chi connectivity index (χ0n) is 11.1. The van der Waals surface area contributed by atoms with Crippen LogP contribution in [0.4, 0.5) is 0 Å². The van der Waals surface area contributed by atoms with Crippen molar-refractivity contribution >= 4 is 31.9 Å². The van der Waals surface area contributed by atoms with Gasteiger partial charge in [-0.05, 0) is 46.6 Å². The van der Waals surface area contributed by atoms with Gasteiger partial charge >= 0.3 is 0 Å². The van der Waals surface area contributed by atoms with Gasteiger partial charge in [0.25, 0.3) is 0 Å². The van der Waals surface area contributed by atoms with Crippen molar-refractivity contribution in [1.82, 2.24) is 20.3 Å². The lowest BCUT2D eigenvalue weighted by Crippen LogP contribution is -2.25. The minimum absolute atomic E-state index is 0.0666. The number of rotatable bonds is 4. The maximum absolute atomic E-state index is 4.07. The fourth-order valence-electron chi connectivity index (χ4n) is 2.14. The Kier molecular flexibility index (Phi) is 4.76. The van der Waals surface area contributed by atoms with Crippen LogP contribution in [0.15, 0.2) is 27.3 Å². The van der Waals surface area contributed by atoms with E-state index in [1.54, 1.807) is 4.68 Å². The first-order chi connectivity index (χ1) is 9.06. The quantitative estimate of drug-likeness (QED) is 0.874. The number of nitrogens with zero attached hydrogens (tertiary/aromatic N) is 3. The average Bonchev–Trinajstić information content (AvgIpc) is 2.70. The molecule has 1 aromatic heterocycles. The van der Waals surface area contributed by atoms with E-state index >= 15 is 0 Å². The summed E-state index contributed by atoms with van der Waals surface area (Å²) in [6, 6.07) is 6.30. The van der Waals surface area contributed by atoms with E-state index in [1.807, 2.05) is 7.05 Å². The zero-order chi connectivity index (χ0) is 14.0. The maximum atomic E-state index is 4.07. The van der Waals surface area contributed by atoms with Gasteiger partial charge in [-0.2, -0.15) is 0 Å². The van der Waals surface area contributed by atoms with Crippen molar-refractivity contribution < 1.29 is 0 Å². The SMILES string of the molecule is CCNC(c1cccc(Br)c1C)c1c(Br)nnn1C. The normalized spacial score (nSPS) is 12.7. The molecular formula is C13H16Br2N4. The molecule has 0 bridgehead atoms. The highest BCUT2D eigenvalue weighted by Gasteiger charge is 2.23. The molecule has 19 heavy (non-hydrogen) atoms. The molecule has 1 atom stereocenters. The smallest absolute Gasteiger partial charge is 0.153 e. The van der Waals surface area contributed by atoms with Crippen LogP contribution in [0.2, 0.25) is 0 Å². The number of halogens is 2. The van der Waals surface area contributed by atoms with E-state index in [-0.39, 0.29) is 6.04 Å². The summed E-state index contributed by atoms with van der Waals surface area (Å²) < 4.78 is 3.69. The van der Waals surface area contributed by atoms with Crippen LogP contribution in [0.1, 0.15) is 29.8 Å². The molecule has 0 spiro atoms. The second-order valence-electron chi connectivity index (χ2n) is 4.33. The van der Waals surface area contributed by atoms with Gasteiger partial charge < -0.3 is 5.32 Å². The molecule has 0 radical (unpaired) electrons. The molecule has 102 valence electrons. The molecular weight excluding hydrogens is 372 g/mol. The van der Waals surface area contributed by atoms with Crippen LogP contribution >= 0.6 is 31.9 Å². The van der Waals surface area contributed by atoms with E-state index in [2.05, 4.69) is 79.5 Å². The Morgan fingerprint density at radius 1 is 1.37 bits per heavy atom. The fourth-order valence-corrected chi connectivity index (χ4v) is 3.08. The highest BCUT2D eigenvalue weighted by atomic mass is 79.9. The van der Waals surface area contributed by atoms with Crippen LogP contribution in [0.5, 0.6) is 0 Å². The molecule has 1 N–H and O–H groups in total. The van der Waals surface area contributed by atoms with Crippen molar-refractivity contribution in [2.75, 3.05) is 6.54 Å². The average molecular weight is 388 g/mol. The third-order valence-electron chi connectivity index (χ3n) is 3.13. The van der Waals surface area contributed by atoms with Crippen molar-refractivity contribution in [2.24, 2.45) is 7.05 Å². The lowest BCUT2D eigenvalue weighted by atomic mass is 9.99. The molecule has 1 aromatic carbocycles. The largest absolute Gasteiger partial charge is 0.305 e. The number of aryl methyl sites for hydroxylation is 1. The first-order valence-corrected chi connectivity index (χ1v) is 7.68. The van der Waals surface area contributed by atoms with Gasteiger partial charge in [-0.1, -0.05) is 40.2 Å².